The predicted octanol–water partition coefficient (Wildman–Crippen LogP) is 3.43. The molecule has 0 atom stereocenters. The van der Waals surface area contributed by atoms with Crippen LogP contribution in [0.2, 0.25) is 0 Å². The van der Waals surface area contributed by atoms with Crippen molar-refractivity contribution in [3.8, 4) is 17.6 Å². The molecule has 0 bridgehead atoms. The highest BCUT2D eigenvalue weighted by molar-refractivity contribution is 7.91. The van der Waals surface area contributed by atoms with Crippen molar-refractivity contribution in [2.45, 2.75) is 50.7 Å². The Kier molecular flexibility index (Phi) is 5.91. The fraction of sp³-hybridized carbons (Fsp3) is 0.429. The molecule has 0 spiro atoms. The lowest BCUT2D eigenvalue weighted by molar-refractivity contribution is -0.144. The molecule has 0 fully saturated rings. The Bertz CT molecular complexity index is 1460. The van der Waals surface area contributed by atoms with Crippen molar-refractivity contribution in [1.29, 1.82) is 5.26 Å². The lowest BCUT2D eigenvalue weighted by Crippen LogP contribution is -2.28. The quantitative estimate of drug-likeness (QED) is 0.552. The number of nitriles is 1. The van der Waals surface area contributed by atoms with Gasteiger partial charge in [-0.05, 0) is 38.5 Å². The van der Waals surface area contributed by atoms with E-state index in [0.29, 0.717) is 10.1 Å². The third kappa shape index (κ3) is 4.01. The minimum atomic E-state index is -4.78. The lowest BCUT2D eigenvalue weighted by Gasteiger charge is -2.18. The summed E-state index contributed by atoms with van der Waals surface area (Å²) in [6.45, 7) is 5.85. The highest BCUT2D eigenvalue weighted by Crippen LogP contribution is 2.34. The molecule has 0 aliphatic carbocycles. The van der Waals surface area contributed by atoms with E-state index in [1.54, 1.807) is 13.8 Å². The second-order valence-corrected chi connectivity index (χ2v) is 10.3. The van der Waals surface area contributed by atoms with Gasteiger partial charge in [0.1, 0.15) is 16.9 Å². The molecule has 176 valence electrons. The van der Waals surface area contributed by atoms with Gasteiger partial charge in [0.05, 0.1) is 27.6 Å². The minimum Gasteiger partial charge on any atom is -0.321 e. The Labute approximate surface area is 188 Å². The van der Waals surface area contributed by atoms with E-state index in [4.69, 9.17) is 0 Å². The summed E-state index contributed by atoms with van der Waals surface area (Å²) in [4.78, 5) is 21.1. The number of hydrogen-bond acceptors (Lipinski definition) is 6. The average Bonchev–Trinajstić information content (AvgIpc) is 3.09. The minimum absolute atomic E-state index is 0.0718. The number of nitrogens with zero attached hydrogens (tertiary/aromatic N) is 5. The molecular weight excluding hydrogens is 459 g/mol. The van der Waals surface area contributed by atoms with Gasteiger partial charge in [-0.1, -0.05) is 6.92 Å². The zero-order valence-corrected chi connectivity index (χ0v) is 19.5. The summed E-state index contributed by atoms with van der Waals surface area (Å²) in [6, 6.07) is 4.18. The summed E-state index contributed by atoms with van der Waals surface area (Å²) in [7, 11) is -2.45. The van der Waals surface area contributed by atoms with Crippen LogP contribution in [0.3, 0.4) is 0 Å². The number of aryl methyl sites for hydroxylation is 1. The van der Waals surface area contributed by atoms with Crippen LogP contribution in [0, 0.1) is 11.3 Å². The summed E-state index contributed by atoms with van der Waals surface area (Å²) in [6.07, 6.45) is -3.45. The van der Waals surface area contributed by atoms with Gasteiger partial charge in [0, 0.05) is 19.8 Å². The van der Waals surface area contributed by atoms with Gasteiger partial charge in [-0.2, -0.15) is 18.4 Å². The second kappa shape index (κ2) is 7.98. The molecule has 0 aliphatic heterocycles. The standard InChI is InChI=1S/C21H22F3N5O3S/c1-6-29-15(21(22,23)24)9-13-17(19(29)30)28(5)18(27-13)16-14(33(31,32)7-2)8-12(10-26-16)20(3,4)11-25/h8-10H,6-7H2,1-5H3. The molecule has 0 aromatic carbocycles. The first-order chi connectivity index (χ1) is 15.2. The Balaban J connectivity index is 2.43. The SMILES string of the molecule is CCn1c(C(F)(F)F)cc2nc(-c3ncc(C(C)(C)C#N)cc3S(=O)(=O)CC)n(C)c2c1=O. The number of fused-ring (bicyclic) bond motifs is 1. The van der Waals surface area contributed by atoms with E-state index < -0.39 is 32.7 Å². The summed E-state index contributed by atoms with van der Waals surface area (Å²) in [5, 5.41) is 9.42. The third-order valence-corrected chi connectivity index (χ3v) is 7.26. The number of hydrogen-bond donors (Lipinski definition) is 0. The van der Waals surface area contributed by atoms with Crippen molar-refractivity contribution in [3.63, 3.8) is 0 Å². The summed E-state index contributed by atoms with van der Waals surface area (Å²) in [5.74, 6) is -0.347. The van der Waals surface area contributed by atoms with E-state index in [2.05, 4.69) is 16.0 Å². The van der Waals surface area contributed by atoms with Gasteiger partial charge < -0.3 is 9.13 Å². The van der Waals surface area contributed by atoms with Crippen molar-refractivity contribution in [2.24, 2.45) is 7.05 Å². The van der Waals surface area contributed by atoms with E-state index in [0.717, 1.165) is 6.07 Å². The molecule has 12 heteroatoms. The number of pyridine rings is 2. The summed E-state index contributed by atoms with van der Waals surface area (Å²) in [5.41, 5.74) is -3.16. The van der Waals surface area contributed by atoms with E-state index in [1.165, 1.54) is 37.7 Å². The highest BCUT2D eigenvalue weighted by Gasteiger charge is 2.36. The van der Waals surface area contributed by atoms with Gasteiger partial charge in [0.15, 0.2) is 15.7 Å². The van der Waals surface area contributed by atoms with Gasteiger partial charge in [-0.15, -0.1) is 0 Å². The molecule has 3 rings (SSSR count). The topological polar surface area (TPSA) is 111 Å². The first kappa shape index (κ1) is 24.4. The van der Waals surface area contributed by atoms with E-state index in [-0.39, 0.29) is 39.7 Å². The summed E-state index contributed by atoms with van der Waals surface area (Å²) >= 11 is 0. The van der Waals surface area contributed by atoms with Crippen molar-refractivity contribution in [2.75, 3.05) is 5.75 Å². The van der Waals surface area contributed by atoms with Crippen molar-refractivity contribution >= 4 is 20.9 Å². The third-order valence-electron chi connectivity index (χ3n) is 5.52. The number of sulfone groups is 1. The predicted molar refractivity (Wildman–Crippen MR) is 115 cm³/mol. The van der Waals surface area contributed by atoms with Crippen LogP contribution in [0.25, 0.3) is 22.6 Å². The van der Waals surface area contributed by atoms with Gasteiger partial charge >= 0.3 is 6.18 Å². The molecule has 33 heavy (non-hydrogen) atoms. The van der Waals surface area contributed by atoms with Crippen LogP contribution in [-0.2, 0) is 35.0 Å². The van der Waals surface area contributed by atoms with Crippen LogP contribution < -0.4 is 5.56 Å². The molecule has 0 radical (unpaired) electrons. The van der Waals surface area contributed by atoms with E-state index in [9.17, 15) is 31.6 Å². The highest BCUT2D eigenvalue weighted by atomic mass is 32.2. The number of rotatable bonds is 5. The van der Waals surface area contributed by atoms with Crippen molar-refractivity contribution < 1.29 is 21.6 Å². The van der Waals surface area contributed by atoms with E-state index >= 15 is 0 Å². The molecule has 0 amide bonds. The number of alkyl halides is 3. The average molecular weight is 482 g/mol. The maximum atomic E-state index is 13.5. The Morgan fingerprint density at radius 3 is 2.33 bits per heavy atom. The monoisotopic (exact) mass is 481 g/mol. The Morgan fingerprint density at radius 1 is 1.18 bits per heavy atom. The maximum absolute atomic E-state index is 13.5. The smallest absolute Gasteiger partial charge is 0.321 e. The molecule has 0 saturated carbocycles. The normalized spacial score (nSPS) is 12.8. The molecule has 3 aromatic heterocycles. The summed E-state index contributed by atoms with van der Waals surface area (Å²) < 4.78 is 68.1. The van der Waals surface area contributed by atoms with Crippen molar-refractivity contribution in [3.05, 3.63) is 39.9 Å². The first-order valence-electron chi connectivity index (χ1n) is 10.0. The van der Waals surface area contributed by atoms with Gasteiger partial charge in [0.2, 0.25) is 0 Å². The number of imidazole rings is 1. The van der Waals surface area contributed by atoms with Gasteiger partial charge in [-0.25, -0.2) is 13.4 Å². The molecule has 0 aliphatic rings. The lowest BCUT2D eigenvalue weighted by atomic mass is 9.87. The van der Waals surface area contributed by atoms with Gasteiger partial charge in [-0.3, -0.25) is 9.78 Å². The van der Waals surface area contributed by atoms with Crippen LogP contribution in [0.1, 0.15) is 39.0 Å². The van der Waals surface area contributed by atoms with Gasteiger partial charge in [0.25, 0.3) is 5.56 Å². The van der Waals surface area contributed by atoms with Crippen LogP contribution in [-0.4, -0.2) is 33.3 Å². The van der Waals surface area contributed by atoms with Crippen molar-refractivity contribution in [1.82, 2.24) is 19.1 Å². The molecule has 8 nitrogen and oxygen atoms in total. The largest absolute Gasteiger partial charge is 0.431 e. The number of aromatic nitrogens is 4. The fourth-order valence-corrected chi connectivity index (χ4v) is 4.55. The molecular formula is C21H22F3N5O3S. The number of halogens is 3. The Hall–Kier alpha value is -3.20. The molecule has 3 heterocycles. The zero-order valence-electron chi connectivity index (χ0n) is 18.6. The maximum Gasteiger partial charge on any atom is 0.431 e. The van der Waals surface area contributed by atoms with Crippen LogP contribution in [0.5, 0.6) is 0 Å². The van der Waals surface area contributed by atoms with E-state index in [1.807, 2.05) is 0 Å². The Morgan fingerprint density at radius 2 is 1.82 bits per heavy atom. The second-order valence-electron chi connectivity index (χ2n) is 8.02. The first-order valence-corrected chi connectivity index (χ1v) is 11.7. The molecule has 3 aromatic rings. The molecule has 0 saturated heterocycles. The van der Waals surface area contributed by atoms with Crippen LogP contribution >= 0.6 is 0 Å². The molecule has 0 unspecified atom stereocenters. The molecule has 0 N–H and O–H groups in total. The van der Waals surface area contributed by atoms with Crippen LogP contribution in [0.4, 0.5) is 13.2 Å². The van der Waals surface area contributed by atoms with Crippen LogP contribution in [0.15, 0.2) is 28.0 Å². The fourth-order valence-electron chi connectivity index (χ4n) is 3.49. The zero-order chi connectivity index (χ0) is 24.9.